The van der Waals surface area contributed by atoms with Crippen molar-refractivity contribution in [2.24, 2.45) is 5.92 Å². The fraction of sp³-hybridized carbons (Fsp3) is 0.421. The maximum atomic E-state index is 13.0. The zero-order valence-electron chi connectivity index (χ0n) is 15.0. The van der Waals surface area contributed by atoms with Crippen LogP contribution in [0.2, 0.25) is 5.02 Å². The zero-order valence-corrected chi connectivity index (χ0v) is 15.8. The number of nitrogens with one attached hydrogen (secondary N) is 1. The number of benzene rings is 1. The van der Waals surface area contributed by atoms with Gasteiger partial charge >= 0.3 is 6.03 Å². The fourth-order valence-corrected chi connectivity index (χ4v) is 3.73. The smallest absolute Gasteiger partial charge is 0.322 e. The summed E-state index contributed by atoms with van der Waals surface area (Å²) in [5.74, 6) is 0.899. The van der Waals surface area contributed by atoms with Gasteiger partial charge in [0.1, 0.15) is 5.75 Å². The predicted molar refractivity (Wildman–Crippen MR) is 100 cm³/mol. The summed E-state index contributed by atoms with van der Waals surface area (Å²) in [5.41, 5.74) is 3.00. The molecule has 1 aromatic heterocycles. The highest BCUT2D eigenvalue weighted by atomic mass is 35.5. The Kier molecular flexibility index (Phi) is 4.95. The van der Waals surface area contributed by atoms with Gasteiger partial charge in [-0.15, -0.1) is 0 Å². The van der Waals surface area contributed by atoms with Crippen LogP contribution < -0.4 is 10.1 Å². The number of aryl methyl sites for hydroxylation is 1. The molecule has 0 aliphatic carbocycles. The van der Waals surface area contributed by atoms with Crippen LogP contribution in [0.1, 0.15) is 31.3 Å². The van der Waals surface area contributed by atoms with Crippen LogP contribution in [0.4, 0.5) is 10.5 Å². The summed E-state index contributed by atoms with van der Waals surface area (Å²) < 4.78 is 7.63. The Bertz CT molecular complexity index is 785. The number of nitrogens with zero attached hydrogens (tertiary/aromatic N) is 2. The number of anilines is 1. The molecule has 25 heavy (non-hydrogen) atoms. The molecular weight excluding hydrogens is 338 g/mol. The minimum Gasteiger partial charge on any atom is -0.495 e. The third-order valence-corrected chi connectivity index (χ3v) is 4.97. The van der Waals surface area contributed by atoms with E-state index in [0.29, 0.717) is 28.9 Å². The van der Waals surface area contributed by atoms with Gasteiger partial charge in [0, 0.05) is 29.5 Å². The van der Waals surface area contributed by atoms with Gasteiger partial charge in [-0.05, 0) is 43.2 Å². The normalized spacial score (nSPS) is 16.7. The molecule has 1 aliphatic heterocycles. The van der Waals surface area contributed by atoms with Gasteiger partial charge in [-0.3, -0.25) is 0 Å². The molecule has 1 aromatic carbocycles. The lowest BCUT2D eigenvalue weighted by Gasteiger charge is -2.39. The van der Waals surface area contributed by atoms with Crippen molar-refractivity contribution in [2.75, 3.05) is 19.0 Å². The van der Waals surface area contributed by atoms with E-state index < -0.39 is 0 Å². The van der Waals surface area contributed by atoms with Gasteiger partial charge in [0.05, 0.1) is 18.8 Å². The van der Waals surface area contributed by atoms with Crippen molar-refractivity contribution < 1.29 is 9.53 Å². The van der Waals surface area contributed by atoms with Crippen molar-refractivity contribution in [3.8, 4) is 5.75 Å². The monoisotopic (exact) mass is 361 g/mol. The number of urea groups is 1. The minimum atomic E-state index is -0.135. The molecule has 6 heteroatoms. The molecule has 1 atom stereocenters. The number of rotatable bonds is 3. The third-order valence-electron chi connectivity index (χ3n) is 4.73. The van der Waals surface area contributed by atoms with E-state index in [4.69, 9.17) is 16.3 Å². The van der Waals surface area contributed by atoms with E-state index in [2.05, 4.69) is 42.8 Å². The molecule has 2 amide bonds. The van der Waals surface area contributed by atoms with Crippen LogP contribution in [0.15, 0.2) is 30.3 Å². The van der Waals surface area contributed by atoms with Crippen molar-refractivity contribution in [3.63, 3.8) is 0 Å². The molecule has 0 saturated carbocycles. The molecule has 1 aliphatic rings. The average Bonchev–Trinajstić information content (AvgIpc) is 2.95. The second kappa shape index (κ2) is 7.00. The van der Waals surface area contributed by atoms with Crippen molar-refractivity contribution in [3.05, 3.63) is 46.7 Å². The summed E-state index contributed by atoms with van der Waals surface area (Å²) in [6.07, 6.45) is 0. The van der Waals surface area contributed by atoms with Gasteiger partial charge in [0.15, 0.2) is 0 Å². The average molecular weight is 362 g/mol. The Morgan fingerprint density at radius 1 is 1.28 bits per heavy atom. The number of carbonyl (C=O) groups excluding carboxylic acids is 1. The van der Waals surface area contributed by atoms with Crippen molar-refractivity contribution in [2.45, 2.75) is 33.4 Å². The Labute approximate surface area is 153 Å². The zero-order chi connectivity index (χ0) is 18.1. The first-order chi connectivity index (χ1) is 11.9. The van der Waals surface area contributed by atoms with Gasteiger partial charge in [0.2, 0.25) is 0 Å². The van der Waals surface area contributed by atoms with E-state index in [9.17, 15) is 4.79 Å². The largest absolute Gasteiger partial charge is 0.495 e. The summed E-state index contributed by atoms with van der Waals surface area (Å²) in [7, 11) is 1.58. The van der Waals surface area contributed by atoms with Crippen LogP contribution in [0.5, 0.6) is 5.75 Å². The fourth-order valence-electron chi connectivity index (χ4n) is 3.55. The number of methoxy groups -OCH3 is 1. The first-order valence-corrected chi connectivity index (χ1v) is 8.87. The molecule has 1 N–H and O–H groups in total. The number of aromatic nitrogens is 1. The van der Waals surface area contributed by atoms with E-state index in [1.54, 1.807) is 25.3 Å². The highest BCUT2D eigenvalue weighted by molar-refractivity contribution is 6.31. The maximum absolute atomic E-state index is 13.0. The van der Waals surface area contributed by atoms with Crippen LogP contribution in [-0.4, -0.2) is 29.2 Å². The predicted octanol–water partition coefficient (Wildman–Crippen LogP) is 4.70. The molecule has 134 valence electrons. The SMILES string of the molecule is COc1ccc(Cl)cc1NC(=O)N1CCn2c(C)ccc2[C@@H]1C(C)C. The second-order valence-electron chi connectivity index (χ2n) is 6.71. The van der Waals surface area contributed by atoms with Crippen molar-refractivity contribution in [1.82, 2.24) is 9.47 Å². The van der Waals surface area contributed by atoms with Crippen LogP contribution in [0, 0.1) is 12.8 Å². The summed E-state index contributed by atoms with van der Waals surface area (Å²) >= 11 is 6.07. The molecule has 0 saturated heterocycles. The summed E-state index contributed by atoms with van der Waals surface area (Å²) in [4.78, 5) is 14.9. The molecule has 5 nitrogen and oxygen atoms in total. The van der Waals surface area contributed by atoms with Crippen LogP contribution in [-0.2, 0) is 6.54 Å². The molecule has 0 fully saturated rings. The Balaban J connectivity index is 1.88. The summed E-state index contributed by atoms with van der Waals surface area (Å²) in [6.45, 7) is 7.86. The summed E-state index contributed by atoms with van der Waals surface area (Å²) in [5, 5.41) is 3.52. The number of halogens is 1. The standard InChI is InChI=1S/C19H24ClN3O2/c1-12(2)18-16-7-5-13(3)22(16)9-10-23(18)19(24)21-15-11-14(20)6-8-17(15)25-4/h5-8,11-12,18H,9-10H2,1-4H3,(H,21,24)/t18-/m0/s1. The number of hydrogen-bond acceptors (Lipinski definition) is 2. The quantitative estimate of drug-likeness (QED) is 0.861. The van der Waals surface area contributed by atoms with Gasteiger partial charge in [-0.25, -0.2) is 4.79 Å². The van der Waals surface area contributed by atoms with Gasteiger partial charge < -0.3 is 19.5 Å². The molecular formula is C19H24ClN3O2. The molecule has 3 rings (SSSR count). The number of hydrogen-bond donors (Lipinski definition) is 1. The molecule has 0 unspecified atom stereocenters. The highest BCUT2D eigenvalue weighted by Gasteiger charge is 2.34. The van der Waals surface area contributed by atoms with E-state index >= 15 is 0 Å². The van der Waals surface area contributed by atoms with Gasteiger partial charge in [-0.1, -0.05) is 25.4 Å². The maximum Gasteiger partial charge on any atom is 0.322 e. The Morgan fingerprint density at radius 2 is 2.04 bits per heavy atom. The Morgan fingerprint density at radius 3 is 2.72 bits per heavy atom. The van der Waals surface area contributed by atoms with Gasteiger partial charge in [0.25, 0.3) is 0 Å². The number of fused-ring (bicyclic) bond motifs is 1. The van der Waals surface area contributed by atoms with Crippen LogP contribution in [0.3, 0.4) is 0 Å². The molecule has 2 heterocycles. The molecule has 0 spiro atoms. The first-order valence-electron chi connectivity index (χ1n) is 8.49. The molecule has 2 aromatic rings. The number of ether oxygens (including phenoxy) is 1. The molecule has 0 radical (unpaired) electrons. The van der Waals surface area contributed by atoms with Gasteiger partial charge in [-0.2, -0.15) is 0 Å². The van der Waals surface area contributed by atoms with E-state index in [1.165, 1.54) is 11.4 Å². The van der Waals surface area contributed by atoms with Crippen molar-refractivity contribution >= 4 is 23.3 Å². The number of amides is 2. The topological polar surface area (TPSA) is 46.5 Å². The van der Waals surface area contributed by atoms with Crippen molar-refractivity contribution in [1.29, 1.82) is 0 Å². The Hall–Kier alpha value is -2.14. The highest BCUT2D eigenvalue weighted by Crippen LogP contribution is 2.35. The lowest BCUT2D eigenvalue weighted by atomic mass is 9.97. The second-order valence-corrected chi connectivity index (χ2v) is 7.14. The third kappa shape index (κ3) is 3.33. The minimum absolute atomic E-state index is 0.0348. The summed E-state index contributed by atoms with van der Waals surface area (Å²) in [6, 6.07) is 9.34. The lowest BCUT2D eigenvalue weighted by molar-refractivity contribution is 0.143. The lowest BCUT2D eigenvalue weighted by Crippen LogP contribution is -2.46. The van der Waals surface area contributed by atoms with E-state index in [-0.39, 0.29) is 12.1 Å². The van der Waals surface area contributed by atoms with Crippen LogP contribution >= 0.6 is 11.6 Å². The van der Waals surface area contributed by atoms with Crippen LogP contribution in [0.25, 0.3) is 0 Å². The van der Waals surface area contributed by atoms with E-state index in [1.807, 2.05) is 4.90 Å². The molecule has 0 bridgehead atoms. The number of carbonyl (C=O) groups is 1. The van der Waals surface area contributed by atoms with E-state index in [0.717, 1.165) is 6.54 Å². The first kappa shape index (κ1) is 17.7.